The van der Waals surface area contributed by atoms with Gasteiger partial charge in [-0.3, -0.25) is 9.69 Å². The minimum atomic E-state index is -4.52. The zero-order valence-electron chi connectivity index (χ0n) is 25.0. The van der Waals surface area contributed by atoms with E-state index < -0.39 is 23.5 Å². The Labute approximate surface area is 260 Å². The number of ether oxygens (including phenoxy) is 1. The maximum Gasteiger partial charge on any atom is 0.416 e. The van der Waals surface area contributed by atoms with Gasteiger partial charge in [-0.25, -0.2) is 9.18 Å². The summed E-state index contributed by atoms with van der Waals surface area (Å²) in [6, 6.07) is 6.53. The van der Waals surface area contributed by atoms with Crippen LogP contribution in [0.25, 0.3) is 0 Å². The molecule has 2 aromatic carbocycles. The van der Waals surface area contributed by atoms with Crippen LogP contribution < -0.4 is 0 Å². The smallest absolute Gasteiger partial charge is 0.416 e. The van der Waals surface area contributed by atoms with Gasteiger partial charge >= 0.3 is 12.1 Å². The standard InChI is InChI=1S/C33H39ClF4N2O4/c1-19-16-39(11-9-25(19)21-5-8-30(35)28(14-21)32(43)44-2)24(18-41)6-7-27(20-3-4-20)31(42)40-12-10-26-22(17-40)13-23(15-29(26)34)33(36,37)38/h5,8,13-15,19-20,24-25,27,41H,3-4,6-7,9-12,16-18H2,1-2H3/t19-,24+,25-,27?/m0/s1. The Morgan fingerprint density at radius 3 is 2.50 bits per heavy atom. The van der Waals surface area contributed by atoms with Crippen LogP contribution in [0.1, 0.15) is 77.6 Å². The van der Waals surface area contributed by atoms with E-state index in [1.807, 2.05) is 0 Å². The van der Waals surface area contributed by atoms with Crippen molar-refractivity contribution in [1.82, 2.24) is 9.80 Å². The third kappa shape index (κ3) is 7.07. The number of fused-ring (bicyclic) bond motifs is 1. The molecule has 1 saturated heterocycles. The Morgan fingerprint density at radius 1 is 1.11 bits per heavy atom. The molecule has 4 atom stereocenters. The summed E-state index contributed by atoms with van der Waals surface area (Å²) < 4.78 is 59.2. The summed E-state index contributed by atoms with van der Waals surface area (Å²) in [5, 5.41) is 10.4. The maximum atomic E-state index is 14.2. The minimum absolute atomic E-state index is 0.0341. The Bertz CT molecular complexity index is 1380. The summed E-state index contributed by atoms with van der Waals surface area (Å²) in [6.45, 7) is 3.98. The SMILES string of the molecule is COC(=O)c1cc([C@H]2CCN([C@@H](CO)CCC(C(=O)N3CCc4c(Cl)cc(C(F)(F)F)cc4C3)C3CC3)C[C@@H]2C)ccc1F. The molecule has 6 nitrogen and oxygen atoms in total. The van der Waals surface area contributed by atoms with E-state index in [4.69, 9.17) is 16.3 Å². The van der Waals surface area contributed by atoms with Crippen molar-refractivity contribution in [2.45, 2.75) is 70.1 Å². The average Bonchev–Trinajstić information content (AvgIpc) is 3.84. The van der Waals surface area contributed by atoms with Gasteiger partial charge < -0.3 is 14.7 Å². The Balaban J connectivity index is 1.21. The monoisotopic (exact) mass is 638 g/mol. The van der Waals surface area contributed by atoms with Crippen molar-refractivity contribution in [2.75, 3.05) is 33.4 Å². The van der Waals surface area contributed by atoms with Gasteiger partial charge in [0.05, 0.1) is 24.8 Å². The largest absolute Gasteiger partial charge is 0.465 e. The molecule has 0 bridgehead atoms. The second-order valence-corrected chi connectivity index (χ2v) is 13.0. The molecule has 2 fully saturated rings. The molecule has 2 aliphatic heterocycles. The molecule has 1 amide bonds. The van der Waals surface area contributed by atoms with Gasteiger partial charge in [-0.1, -0.05) is 24.6 Å². The van der Waals surface area contributed by atoms with E-state index in [0.29, 0.717) is 50.0 Å². The van der Waals surface area contributed by atoms with Crippen LogP contribution in [0.2, 0.25) is 5.02 Å². The van der Waals surface area contributed by atoms with Crippen LogP contribution in [0.15, 0.2) is 30.3 Å². The van der Waals surface area contributed by atoms with Gasteiger partial charge in [-0.2, -0.15) is 13.2 Å². The number of carbonyl (C=O) groups excluding carboxylic acids is 2. The van der Waals surface area contributed by atoms with E-state index in [1.54, 1.807) is 17.0 Å². The summed E-state index contributed by atoms with van der Waals surface area (Å²) in [7, 11) is 1.22. The van der Waals surface area contributed by atoms with Crippen LogP contribution in [0.3, 0.4) is 0 Å². The first-order valence-corrected chi connectivity index (χ1v) is 15.7. The van der Waals surface area contributed by atoms with Crippen molar-refractivity contribution < 1.29 is 37.0 Å². The van der Waals surface area contributed by atoms with E-state index in [1.165, 1.54) is 13.2 Å². The number of aliphatic hydroxyl groups is 1. The van der Waals surface area contributed by atoms with Crippen LogP contribution in [0, 0.1) is 23.6 Å². The Hall–Kier alpha value is -2.69. The van der Waals surface area contributed by atoms with Gasteiger partial charge in [-0.05, 0) is 104 Å². The lowest BCUT2D eigenvalue weighted by Gasteiger charge is -2.41. The topological polar surface area (TPSA) is 70.1 Å². The molecule has 2 aromatic rings. The molecular formula is C33H39ClF4N2O4. The fraction of sp³-hybridized carbons (Fsp3) is 0.576. The molecule has 2 heterocycles. The number of benzene rings is 2. The number of hydrogen-bond donors (Lipinski definition) is 1. The number of methoxy groups -OCH3 is 1. The van der Waals surface area contributed by atoms with E-state index in [-0.39, 0.29) is 59.4 Å². The summed E-state index contributed by atoms with van der Waals surface area (Å²) in [5.41, 5.74) is 1.12. The molecule has 3 aliphatic rings. The van der Waals surface area contributed by atoms with Crippen LogP contribution in [-0.4, -0.2) is 66.2 Å². The highest BCUT2D eigenvalue weighted by atomic mass is 35.5. The number of nitrogens with zero attached hydrogens (tertiary/aromatic N) is 2. The highest BCUT2D eigenvalue weighted by molar-refractivity contribution is 6.31. The van der Waals surface area contributed by atoms with E-state index in [2.05, 4.69) is 11.8 Å². The molecule has 1 aliphatic carbocycles. The fourth-order valence-corrected chi connectivity index (χ4v) is 7.43. The predicted molar refractivity (Wildman–Crippen MR) is 158 cm³/mol. The van der Waals surface area contributed by atoms with E-state index in [9.17, 15) is 32.3 Å². The van der Waals surface area contributed by atoms with Crippen LogP contribution in [0.5, 0.6) is 0 Å². The Kier molecular flexibility index (Phi) is 9.92. The maximum absolute atomic E-state index is 14.2. The molecule has 5 rings (SSSR count). The summed E-state index contributed by atoms with van der Waals surface area (Å²) in [6.07, 6.45) is -0.224. The molecule has 0 spiro atoms. The molecule has 44 heavy (non-hydrogen) atoms. The van der Waals surface area contributed by atoms with E-state index >= 15 is 0 Å². The summed E-state index contributed by atoms with van der Waals surface area (Å²) >= 11 is 6.20. The highest BCUT2D eigenvalue weighted by Crippen LogP contribution is 2.42. The number of piperidine rings is 1. The first kappa shape index (κ1) is 32.7. The van der Waals surface area contributed by atoms with Gasteiger partial charge in [0, 0.05) is 36.6 Å². The molecule has 1 unspecified atom stereocenters. The lowest BCUT2D eigenvalue weighted by atomic mass is 9.80. The number of likely N-dealkylation sites (tertiary alicyclic amines) is 1. The second kappa shape index (κ2) is 13.3. The van der Waals surface area contributed by atoms with Gasteiger partial charge in [0.1, 0.15) is 5.82 Å². The number of hydrogen-bond acceptors (Lipinski definition) is 5. The minimum Gasteiger partial charge on any atom is -0.465 e. The number of esters is 1. The van der Waals surface area contributed by atoms with E-state index in [0.717, 1.165) is 37.0 Å². The number of amides is 1. The zero-order chi connectivity index (χ0) is 31.8. The lowest BCUT2D eigenvalue weighted by Crippen LogP contribution is -2.47. The number of alkyl halides is 3. The first-order chi connectivity index (χ1) is 20.9. The van der Waals surface area contributed by atoms with Gasteiger partial charge in [0.25, 0.3) is 0 Å². The van der Waals surface area contributed by atoms with Crippen molar-refractivity contribution in [3.05, 3.63) is 69.0 Å². The zero-order valence-corrected chi connectivity index (χ0v) is 25.8. The van der Waals surface area contributed by atoms with Crippen LogP contribution in [-0.2, 0) is 28.7 Å². The molecular weight excluding hydrogens is 600 g/mol. The number of aliphatic hydroxyl groups excluding tert-OH is 1. The third-order valence-corrected chi connectivity index (χ3v) is 10.1. The highest BCUT2D eigenvalue weighted by Gasteiger charge is 2.41. The number of rotatable bonds is 9. The molecule has 1 saturated carbocycles. The molecule has 11 heteroatoms. The van der Waals surface area contributed by atoms with Crippen molar-refractivity contribution in [3.63, 3.8) is 0 Å². The van der Waals surface area contributed by atoms with Crippen molar-refractivity contribution in [1.29, 1.82) is 0 Å². The number of carbonyl (C=O) groups is 2. The average molecular weight is 639 g/mol. The van der Waals surface area contributed by atoms with Crippen LogP contribution >= 0.6 is 11.6 Å². The molecule has 240 valence electrons. The first-order valence-electron chi connectivity index (χ1n) is 15.3. The van der Waals surface area contributed by atoms with Crippen molar-refractivity contribution in [3.8, 4) is 0 Å². The summed E-state index contributed by atoms with van der Waals surface area (Å²) in [4.78, 5) is 29.7. The fourth-order valence-electron chi connectivity index (χ4n) is 7.10. The van der Waals surface area contributed by atoms with Crippen molar-refractivity contribution in [2.24, 2.45) is 17.8 Å². The normalized spacial score (nSPS) is 22.3. The predicted octanol–water partition coefficient (Wildman–Crippen LogP) is 6.46. The second-order valence-electron chi connectivity index (χ2n) is 12.6. The Morgan fingerprint density at radius 2 is 1.86 bits per heavy atom. The van der Waals surface area contributed by atoms with Crippen molar-refractivity contribution >= 4 is 23.5 Å². The lowest BCUT2D eigenvalue weighted by molar-refractivity contribution is -0.137. The molecule has 0 radical (unpaired) electrons. The number of halogens is 5. The van der Waals surface area contributed by atoms with Gasteiger partial charge in [0.15, 0.2) is 0 Å². The molecule has 1 N–H and O–H groups in total. The quantitative estimate of drug-likeness (QED) is 0.252. The summed E-state index contributed by atoms with van der Waals surface area (Å²) in [5.74, 6) is -1.06. The van der Waals surface area contributed by atoms with Gasteiger partial charge in [-0.15, -0.1) is 0 Å². The van der Waals surface area contributed by atoms with Gasteiger partial charge in [0.2, 0.25) is 5.91 Å². The van der Waals surface area contributed by atoms with Crippen LogP contribution in [0.4, 0.5) is 17.6 Å². The molecule has 0 aromatic heterocycles. The third-order valence-electron chi connectivity index (χ3n) is 9.73.